The minimum Gasteiger partial charge on any atom is -0.493 e. The number of rotatable bonds is 9. The fraction of sp³-hybridized carbons (Fsp3) is 0.304. The third kappa shape index (κ3) is 6.10. The Balaban J connectivity index is 2.16. The van der Waals surface area contributed by atoms with Crippen LogP contribution in [0.2, 0.25) is 0 Å². The Morgan fingerprint density at radius 1 is 1.03 bits per heavy atom. The number of unbranched alkanes of at least 4 members (excludes halogenated alkanes) is 1. The standard InChI is InChI=1S/C23H27NO5/c1-5-6-13-29-23(26)18-9-7-8-10-19(18)24-22(25)16(2)14-17-11-12-20(27-3)21(15-17)28-4/h7-12,14-15H,5-6,13H2,1-4H3,(H,24,25)/b16-14+. The van der Waals surface area contributed by atoms with Crippen LogP contribution in [0.5, 0.6) is 11.5 Å². The van der Waals surface area contributed by atoms with Crippen LogP contribution in [0.3, 0.4) is 0 Å². The normalized spacial score (nSPS) is 11.0. The Hall–Kier alpha value is -3.28. The van der Waals surface area contributed by atoms with Crippen molar-refractivity contribution in [1.82, 2.24) is 0 Å². The summed E-state index contributed by atoms with van der Waals surface area (Å²) in [6.07, 6.45) is 3.47. The smallest absolute Gasteiger partial charge is 0.340 e. The number of nitrogens with one attached hydrogen (secondary N) is 1. The zero-order valence-electron chi connectivity index (χ0n) is 17.3. The maximum absolute atomic E-state index is 12.6. The highest BCUT2D eigenvalue weighted by Crippen LogP contribution is 2.28. The molecule has 1 N–H and O–H groups in total. The molecule has 0 spiro atoms. The topological polar surface area (TPSA) is 73.9 Å². The van der Waals surface area contributed by atoms with Crippen LogP contribution >= 0.6 is 0 Å². The molecule has 0 fully saturated rings. The molecule has 0 aromatic heterocycles. The Labute approximate surface area is 171 Å². The molecule has 0 aliphatic carbocycles. The molecule has 0 saturated heterocycles. The summed E-state index contributed by atoms with van der Waals surface area (Å²) in [5.41, 5.74) is 2.02. The van der Waals surface area contributed by atoms with Gasteiger partial charge in [-0.15, -0.1) is 0 Å². The number of esters is 1. The molecule has 0 radical (unpaired) electrons. The van der Waals surface area contributed by atoms with Gasteiger partial charge in [0, 0.05) is 5.57 Å². The fourth-order valence-corrected chi connectivity index (χ4v) is 2.64. The van der Waals surface area contributed by atoms with Gasteiger partial charge in [-0.05, 0) is 49.2 Å². The lowest BCUT2D eigenvalue weighted by atomic mass is 10.1. The van der Waals surface area contributed by atoms with Crippen molar-refractivity contribution in [2.24, 2.45) is 0 Å². The molecular formula is C23H27NO5. The number of hydrogen-bond donors (Lipinski definition) is 1. The zero-order valence-corrected chi connectivity index (χ0v) is 17.3. The van der Waals surface area contributed by atoms with Gasteiger partial charge in [0.1, 0.15) is 0 Å². The second-order valence-corrected chi connectivity index (χ2v) is 6.43. The number of carbonyl (C=O) groups is 2. The minimum absolute atomic E-state index is 0.311. The van der Waals surface area contributed by atoms with Gasteiger partial charge in [-0.2, -0.15) is 0 Å². The summed E-state index contributed by atoms with van der Waals surface area (Å²) in [6, 6.07) is 12.2. The summed E-state index contributed by atoms with van der Waals surface area (Å²) in [5.74, 6) is 0.432. The predicted octanol–water partition coefficient (Wildman–Crippen LogP) is 4.70. The number of carbonyl (C=O) groups excluding carboxylic acids is 2. The maximum Gasteiger partial charge on any atom is 0.340 e. The number of methoxy groups -OCH3 is 2. The zero-order chi connectivity index (χ0) is 21.2. The SMILES string of the molecule is CCCCOC(=O)c1ccccc1NC(=O)/C(C)=C/c1ccc(OC)c(OC)c1. The van der Waals surface area contributed by atoms with Crippen LogP contribution in [0.25, 0.3) is 6.08 Å². The van der Waals surface area contributed by atoms with E-state index in [1.807, 2.05) is 13.0 Å². The average Bonchev–Trinajstić information content (AvgIpc) is 2.74. The van der Waals surface area contributed by atoms with Crippen LogP contribution in [0.4, 0.5) is 5.69 Å². The molecule has 6 heteroatoms. The molecule has 154 valence electrons. The van der Waals surface area contributed by atoms with Crippen molar-refractivity contribution in [2.75, 3.05) is 26.1 Å². The number of anilines is 1. The molecule has 0 atom stereocenters. The third-order valence-corrected chi connectivity index (χ3v) is 4.28. The van der Waals surface area contributed by atoms with Crippen molar-refractivity contribution in [3.05, 3.63) is 59.2 Å². The molecule has 2 rings (SSSR count). The Morgan fingerprint density at radius 2 is 1.76 bits per heavy atom. The first-order chi connectivity index (χ1) is 14.0. The molecule has 0 bridgehead atoms. The monoisotopic (exact) mass is 397 g/mol. The van der Waals surface area contributed by atoms with Gasteiger partial charge in [-0.3, -0.25) is 4.79 Å². The molecule has 2 aromatic rings. The first kappa shape index (κ1) is 22.0. The van der Waals surface area contributed by atoms with Gasteiger partial charge in [0.15, 0.2) is 11.5 Å². The van der Waals surface area contributed by atoms with E-state index in [4.69, 9.17) is 14.2 Å². The predicted molar refractivity (Wildman–Crippen MR) is 113 cm³/mol. The van der Waals surface area contributed by atoms with Crippen LogP contribution in [-0.2, 0) is 9.53 Å². The highest BCUT2D eigenvalue weighted by Gasteiger charge is 2.15. The Morgan fingerprint density at radius 3 is 2.45 bits per heavy atom. The molecule has 0 aliphatic heterocycles. The van der Waals surface area contributed by atoms with Gasteiger partial charge in [-0.1, -0.05) is 31.5 Å². The van der Waals surface area contributed by atoms with E-state index in [-0.39, 0.29) is 5.91 Å². The molecule has 0 heterocycles. The summed E-state index contributed by atoms with van der Waals surface area (Å²) in [4.78, 5) is 24.9. The molecule has 0 saturated carbocycles. The molecule has 29 heavy (non-hydrogen) atoms. The van der Waals surface area contributed by atoms with E-state index >= 15 is 0 Å². The second kappa shape index (κ2) is 10.9. The van der Waals surface area contributed by atoms with Crippen molar-refractivity contribution in [3.63, 3.8) is 0 Å². The lowest BCUT2D eigenvalue weighted by Crippen LogP contribution is -2.16. The van der Waals surface area contributed by atoms with Crippen molar-refractivity contribution < 1.29 is 23.8 Å². The third-order valence-electron chi connectivity index (χ3n) is 4.28. The van der Waals surface area contributed by atoms with E-state index in [0.29, 0.717) is 34.9 Å². The number of amides is 1. The van der Waals surface area contributed by atoms with Crippen LogP contribution in [-0.4, -0.2) is 32.7 Å². The first-order valence-corrected chi connectivity index (χ1v) is 9.48. The Kier molecular flexibility index (Phi) is 8.27. The Bertz CT molecular complexity index is 889. The molecular weight excluding hydrogens is 370 g/mol. The lowest BCUT2D eigenvalue weighted by molar-refractivity contribution is -0.112. The van der Waals surface area contributed by atoms with Gasteiger partial charge in [0.2, 0.25) is 0 Å². The number of benzene rings is 2. The highest BCUT2D eigenvalue weighted by atomic mass is 16.5. The summed E-state index contributed by atoms with van der Waals surface area (Å²) in [6.45, 7) is 4.08. The van der Waals surface area contributed by atoms with Crippen LogP contribution in [0.1, 0.15) is 42.6 Å². The van der Waals surface area contributed by atoms with E-state index in [9.17, 15) is 9.59 Å². The summed E-state index contributed by atoms with van der Waals surface area (Å²) >= 11 is 0. The van der Waals surface area contributed by atoms with E-state index in [0.717, 1.165) is 18.4 Å². The average molecular weight is 397 g/mol. The molecule has 2 aromatic carbocycles. The number of para-hydroxylation sites is 1. The minimum atomic E-state index is -0.448. The molecule has 6 nitrogen and oxygen atoms in total. The largest absolute Gasteiger partial charge is 0.493 e. The summed E-state index contributed by atoms with van der Waals surface area (Å²) in [7, 11) is 3.12. The van der Waals surface area contributed by atoms with E-state index in [1.165, 1.54) is 0 Å². The summed E-state index contributed by atoms with van der Waals surface area (Å²) < 4.78 is 15.8. The van der Waals surface area contributed by atoms with Crippen LogP contribution < -0.4 is 14.8 Å². The second-order valence-electron chi connectivity index (χ2n) is 6.43. The number of ether oxygens (including phenoxy) is 3. The molecule has 0 aliphatic rings. The fourth-order valence-electron chi connectivity index (χ4n) is 2.64. The van der Waals surface area contributed by atoms with Gasteiger partial charge in [-0.25, -0.2) is 4.79 Å². The number of hydrogen-bond acceptors (Lipinski definition) is 5. The van der Waals surface area contributed by atoms with Crippen molar-refractivity contribution in [2.45, 2.75) is 26.7 Å². The first-order valence-electron chi connectivity index (χ1n) is 9.48. The van der Waals surface area contributed by atoms with Gasteiger partial charge in [0.05, 0.1) is 32.1 Å². The van der Waals surface area contributed by atoms with Crippen LogP contribution in [0.15, 0.2) is 48.0 Å². The van der Waals surface area contributed by atoms with E-state index < -0.39 is 5.97 Å². The highest BCUT2D eigenvalue weighted by molar-refractivity contribution is 6.09. The molecule has 1 amide bonds. The quantitative estimate of drug-likeness (QED) is 0.377. The maximum atomic E-state index is 12.6. The van der Waals surface area contributed by atoms with Crippen molar-refractivity contribution >= 4 is 23.6 Å². The van der Waals surface area contributed by atoms with Crippen molar-refractivity contribution in [1.29, 1.82) is 0 Å². The summed E-state index contributed by atoms with van der Waals surface area (Å²) in [5, 5.41) is 2.79. The van der Waals surface area contributed by atoms with E-state index in [1.54, 1.807) is 63.6 Å². The van der Waals surface area contributed by atoms with E-state index in [2.05, 4.69) is 5.32 Å². The van der Waals surface area contributed by atoms with Crippen LogP contribution in [0, 0.1) is 0 Å². The van der Waals surface area contributed by atoms with Crippen molar-refractivity contribution in [3.8, 4) is 11.5 Å². The van der Waals surface area contributed by atoms with Gasteiger partial charge in [0.25, 0.3) is 5.91 Å². The lowest BCUT2D eigenvalue weighted by Gasteiger charge is -2.11. The van der Waals surface area contributed by atoms with Gasteiger partial charge >= 0.3 is 5.97 Å². The van der Waals surface area contributed by atoms with Gasteiger partial charge < -0.3 is 19.5 Å². The molecule has 0 unspecified atom stereocenters.